The first kappa shape index (κ1) is 19.6. The topological polar surface area (TPSA) is 49.8 Å². The van der Waals surface area contributed by atoms with Gasteiger partial charge < -0.3 is 14.7 Å². The van der Waals surface area contributed by atoms with E-state index in [1.807, 2.05) is 11.8 Å². The summed E-state index contributed by atoms with van der Waals surface area (Å²) in [5.41, 5.74) is 1.33. The fraction of sp³-hybridized carbons (Fsp3) is 0.667. The van der Waals surface area contributed by atoms with Crippen molar-refractivity contribution in [2.75, 3.05) is 13.1 Å². The predicted molar refractivity (Wildman–Crippen MR) is 96.8 cm³/mol. The minimum atomic E-state index is -4.68. The van der Waals surface area contributed by atoms with Crippen LogP contribution < -0.4 is 4.74 Å². The standard InChI is InChI=1S/C21H26F3NO3/c1-13-7-16(28-21(22,23)24)3-4-17(13)14-5-6-20(10-14)11-25(12-20)18(26)15-8-19(2,27)9-15/h3-4,7,14-15,27H,5-6,8-12H2,1-2H3/t14-,15?,19?/m1/s1. The van der Waals surface area contributed by atoms with Crippen LogP contribution in [0.1, 0.15) is 56.1 Å². The number of hydrogen-bond donors (Lipinski definition) is 1. The Balaban J connectivity index is 1.34. The molecule has 28 heavy (non-hydrogen) atoms. The Bertz CT molecular complexity index is 776. The Morgan fingerprint density at radius 2 is 1.93 bits per heavy atom. The lowest BCUT2D eigenvalue weighted by atomic mass is 9.69. The van der Waals surface area contributed by atoms with Crippen molar-refractivity contribution in [3.05, 3.63) is 29.3 Å². The summed E-state index contributed by atoms with van der Waals surface area (Å²) in [6.07, 6.45) is -0.613. The zero-order valence-corrected chi connectivity index (χ0v) is 16.2. The first-order chi connectivity index (χ1) is 13.0. The molecule has 1 N–H and O–H groups in total. The van der Waals surface area contributed by atoms with Crippen LogP contribution in [0.2, 0.25) is 0 Å². The second kappa shape index (κ2) is 6.37. The highest BCUT2D eigenvalue weighted by Gasteiger charge is 2.53. The summed E-state index contributed by atoms with van der Waals surface area (Å²) in [5, 5.41) is 9.84. The molecule has 1 aromatic carbocycles. The smallest absolute Gasteiger partial charge is 0.406 e. The summed E-state index contributed by atoms with van der Waals surface area (Å²) in [6.45, 7) is 5.11. The lowest BCUT2D eigenvalue weighted by Gasteiger charge is -2.52. The molecule has 1 saturated heterocycles. The number of carbonyl (C=O) groups is 1. The number of alkyl halides is 3. The summed E-state index contributed by atoms with van der Waals surface area (Å²) >= 11 is 0. The molecule has 0 unspecified atom stereocenters. The Hall–Kier alpha value is -1.76. The Labute approximate surface area is 162 Å². The molecule has 0 radical (unpaired) electrons. The molecule has 2 aliphatic carbocycles. The fourth-order valence-corrected chi connectivity index (χ4v) is 5.42. The molecule has 2 saturated carbocycles. The zero-order valence-electron chi connectivity index (χ0n) is 16.2. The number of aryl methyl sites for hydroxylation is 1. The number of halogens is 3. The first-order valence-corrected chi connectivity index (χ1v) is 9.83. The maximum absolute atomic E-state index is 12.5. The van der Waals surface area contributed by atoms with Gasteiger partial charge in [0.2, 0.25) is 5.91 Å². The van der Waals surface area contributed by atoms with Gasteiger partial charge in [-0.05, 0) is 75.1 Å². The molecule has 0 bridgehead atoms. The zero-order chi connectivity index (χ0) is 20.3. The molecule has 1 aliphatic heterocycles. The average molecular weight is 397 g/mol. The summed E-state index contributed by atoms with van der Waals surface area (Å²) in [4.78, 5) is 14.4. The van der Waals surface area contributed by atoms with Gasteiger partial charge in [0, 0.05) is 24.4 Å². The third kappa shape index (κ3) is 3.73. The molecular formula is C21H26F3NO3. The number of benzene rings is 1. The van der Waals surface area contributed by atoms with Gasteiger partial charge in [-0.2, -0.15) is 0 Å². The second-order valence-corrected chi connectivity index (χ2v) is 9.30. The van der Waals surface area contributed by atoms with E-state index >= 15 is 0 Å². The molecule has 1 amide bonds. The summed E-state index contributed by atoms with van der Waals surface area (Å²) in [6, 6.07) is 4.59. The molecule has 7 heteroatoms. The van der Waals surface area contributed by atoms with Crippen LogP contribution in [0.3, 0.4) is 0 Å². The molecule has 3 fully saturated rings. The average Bonchev–Trinajstić information content (AvgIpc) is 2.94. The maximum atomic E-state index is 12.5. The quantitative estimate of drug-likeness (QED) is 0.834. The van der Waals surface area contributed by atoms with Crippen molar-refractivity contribution in [1.29, 1.82) is 0 Å². The van der Waals surface area contributed by atoms with E-state index in [4.69, 9.17) is 0 Å². The fourth-order valence-electron chi connectivity index (χ4n) is 5.42. The second-order valence-electron chi connectivity index (χ2n) is 9.30. The first-order valence-electron chi connectivity index (χ1n) is 9.83. The SMILES string of the molecule is Cc1cc(OC(F)(F)F)ccc1[C@@H]1CCC2(C1)CN(C(=O)C1CC(C)(O)C1)C2. The van der Waals surface area contributed by atoms with Gasteiger partial charge in [-0.15, -0.1) is 13.2 Å². The summed E-state index contributed by atoms with van der Waals surface area (Å²) < 4.78 is 41.2. The normalized spacial score (nSPS) is 31.4. The third-order valence-electron chi connectivity index (χ3n) is 6.70. The van der Waals surface area contributed by atoms with E-state index in [2.05, 4.69) is 4.74 Å². The van der Waals surface area contributed by atoms with E-state index in [9.17, 15) is 23.1 Å². The van der Waals surface area contributed by atoms with Gasteiger partial charge in [-0.25, -0.2) is 0 Å². The van der Waals surface area contributed by atoms with Crippen molar-refractivity contribution < 1.29 is 27.8 Å². The molecule has 1 spiro atoms. The van der Waals surface area contributed by atoms with Crippen molar-refractivity contribution in [2.45, 2.75) is 63.8 Å². The van der Waals surface area contributed by atoms with E-state index in [0.717, 1.165) is 43.5 Å². The Morgan fingerprint density at radius 3 is 2.50 bits per heavy atom. The van der Waals surface area contributed by atoms with E-state index < -0.39 is 12.0 Å². The maximum Gasteiger partial charge on any atom is 0.573 e. The summed E-state index contributed by atoms with van der Waals surface area (Å²) in [7, 11) is 0. The minimum Gasteiger partial charge on any atom is -0.406 e. The number of ether oxygens (including phenoxy) is 1. The monoisotopic (exact) mass is 397 g/mol. The van der Waals surface area contributed by atoms with Crippen LogP contribution in [0.25, 0.3) is 0 Å². The number of hydrogen-bond acceptors (Lipinski definition) is 3. The van der Waals surface area contributed by atoms with Gasteiger partial charge in [-0.3, -0.25) is 4.79 Å². The molecule has 1 atom stereocenters. The lowest BCUT2D eigenvalue weighted by molar-refractivity contribution is -0.274. The molecule has 154 valence electrons. The number of carbonyl (C=O) groups excluding carboxylic acids is 1. The van der Waals surface area contributed by atoms with Crippen molar-refractivity contribution in [3.8, 4) is 5.75 Å². The van der Waals surface area contributed by atoms with Gasteiger partial charge in [0.25, 0.3) is 0 Å². The molecule has 1 aromatic rings. The van der Waals surface area contributed by atoms with Crippen molar-refractivity contribution in [3.63, 3.8) is 0 Å². The molecular weight excluding hydrogens is 371 g/mol. The lowest BCUT2D eigenvalue weighted by Crippen LogP contribution is -2.61. The molecule has 3 aliphatic rings. The molecule has 0 aromatic heterocycles. The van der Waals surface area contributed by atoms with Crippen molar-refractivity contribution in [1.82, 2.24) is 4.90 Å². The van der Waals surface area contributed by atoms with E-state index in [0.29, 0.717) is 18.8 Å². The van der Waals surface area contributed by atoms with Gasteiger partial charge in [0.1, 0.15) is 5.75 Å². The largest absolute Gasteiger partial charge is 0.573 e. The van der Waals surface area contributed by atoms with Crippen LogP contribution in [-0.4, -0.2) is 41.0 Å². The van der Waals surface area contributed by atoms with E-state index in [1.54, 1.807) is 13.0 Å². The van der Waals surface area contributed by atoms with Gasteiger partial charge in [-0.1, -0.05) is 6.07 Å². The predicted octanol–water partition coefficient (Wildman–Crippen LogP) is 4.15. The number of nitrogens with zero attached hydrogens (tertiary/aromatic N) is 1. The Kier molecular flexibility index (Phi) is 4.45. The summed E-state index contributed by atoms with van der Waals surface area (Å²) in [5.74, 6) is 0.235. The number of amides is 1. The van der Waals surface area contributed by atoms with Crippen LogP contribution in [0.5, 0.6) is 5.75 Å². The van der Waals surface area contributed by atoms with Gasteiger partial charge in [0.05, 0.1) is 5.60 Å². The van der Waals surface area contributed by atoms with E-state index in [1.165, 1.54) is 12.1 Å². The van der Waals surface area contributed by atoms with Crippen LogP contribution in [0.4, 0.5) is 13.2 Å². The van der Waals surface area contributed by atoms with Crippen LogP contribution >= 0.6 is 0 Å². The number of rotatable bonds is 3. The van der Waals surface area contributed by atoms with Crippen LogP contribution in [0.15, 0.2) is 18.2 Å². The third-order valence-corrected chi connectivity index (χ3v) is 6.70. The molecule has 1 heterocycles. The molecule has 4 rings (SSSR count). The van der Waals surface area contributed by atoms with Crippen molar-refractivity contribution >= 4 is 5.91 Å². The highest BCUT2D eigenvalue weighted by atomic mass is 19.4. The van der Waals surface area contributed by atoms with Crippen molar-refractivity contribution in [2.24, 2.45) is 11.3 Å². The van der Waals surface area contributed by atoms with Gasteiger partial charge in [0.15, 0.2) is 0 Å². The van der Waals surface area contributed by atoms with Crippen LogP contribution in [-0.2, 0) is 4.79 Å². The minimum absolute atomic E-state index is 0.0482. The van der Waals surface area contributed by atoms with E-state index in [-0.39, 0.29) is 23.0 Å². The highest BCUT2D eigenvalue weighted by Crippen LogP contribution is 2.53. The van der Waals surface area contributed by atoms with Gasteiger partial charge >= 0.3 is 6.36 Å². The van der Waals surface area contributed by atoms with Crippen LogP contribution in [0, 0.1) is 18.3 Å². The number of aliphatic hydroxyl groups is 1. The highest BCUT2D eigenvalue weighted by molar-refractivity contribution is 5.81. The molecule has 4 nitrogen and oxygen atoms in total. The number of likely N-dealkylation sites (tertiary alicyclic amines) is 1. The Morgan fingerprint density at radius 1 is 1.25 bits per heavy atom.